The molecular weight excluding hydrogens is 455 g/mol. The van der Waals surface area contributed by atoms with Gasteiger partial charge in [-0.05, 0) is 48.9 Å². The van der Waals surface area contributed by atoms with Crippen LogP contribution in [0.5, 0.6) is 11.5 Å². The zero-order valence-electron chi connectivity index (χ0n) is 19.9. The van der Waals surface area contributed by atoms with Crippen LogP contribution in [0.15, 0.2) is 42.5 Å². The van der Waals surface area contributed by atoms with E-state index in [-0.39, 0.29) is 5.56 Å². The predicted octanol–water partition coefficient (Wildman–Crippen LogP) is 2.52. The van der Waals surface area contributed by atoms with Gasteiger partial charge in [0.15, 0.2) is 5.78 Å². The van der Waals surface area contributed by atoms with Crippen LogP contribution in [-0.4, -0.2) is 80.9 Å². The summed E-state index contributed by atoms with van der Waals surface area (Å²) in [6.45, 7) is 3.98. The fourth-order valence-corrected chi connectivity index (χ4v) is 4.73. The number of halogens is 1. The lowest BCUT2D eigenvalue weighted by molar-refractivity contribution is -0.140. The van der Waals surface area contributed by atoms with Crippen LogP contribution < -0.4 is 9.47 Å². The molecule has 1 amide bonds. The maximum Gasteiger partial charge on any atom is 0.291 e. The van der Waals surface area contributed by atoms with Crippen molar-refractivity contribution in [3.63, 3.8) is 0 Å². The topological polar surface area (TPSA) is 85.4 Å². The van der Waals surface area contributed by atoms with Crippen molar-refractivity contribution in [2.45, 2.75) is 12.5 Å². The van der Waals surface area contributed by atoms with E-state index in [0.717, 1.165) is 31.8 Å². The highest BCUT2D eigenvalue weighted by Gasteiger charge is 2.52. The molecule has 2 fully saturated rings. The van der Waals surface area contributed by atoms with Gasteiger partial charge in [-0.15, -0.1) is 0 Å². The van der Waals surface area contributed by atoms with Gasteiger partial charge in [0, 0.05) is 37.3 Å². The monoisotopic (exact) mass is 484 g/mol. The Bertz CT molecular complexity index is 1080. The molecule has 0 bridgehead atoms. The number of amides is 1. The Morgan fingerprint density at radius 2 is 1.74 bits per heavy atom. The maximum atomic E-state index is 13.5. The van der Waals surface area contributed by atoms with Crippen LogP contribution in [0, 0.1) is 11.7 Å². The standard InChI is InChI=1S/C26H29FN2O6/c1-33-19-8-9-21(34-2)20(16-19)23-22(24(30)17-4-6-18(27)7-5-17)25(31)26(32)29(23)11-3-10-28-12-14-35-15-13-28/h4-9,16,22-23H,3,10-15H2,1-2H3. The van der Waals surface area contributed by atoms with E-state index in [0.29, 0.717) is 43.2 Å². The lowest BCUT2D eigenvalue weighted by atomic mass is 9.85. The van der Waals surface area contributed by atoms with Gasteiger partial charge in [0.25, 0.3) is 5.91 Å². The van der Waals surface area contributed by atoms with E-state index in [2.05, 4.69) is 4.90 Å². The molecule has 4 rings (SSSR count). The summed E-state index contributed by atoms with van der Waals surface area (Å²) >= 11 is 0. The summed E-state index contributed by atoms with van der Waals surface area (Å²) in [6.07, 6.45) is 0.624. The first-order chi connectivity index (χ1) is 16.9. The van der Waals surface area contributed by atoms with E-state index in [9.17, 15) is 18.8 Å². The minimum atomic E-state index is -1.28. The number of carbonyl (C=O) groups is 3. The number of carbonyl (C=O) groups excluding carboxylic acids is 3. The maximum absolute atomic E-state index is 13.5. The zero-order chi connectivity index (χ0) is 24.9. The predicted molar refractivity (Wildman–Crippen MR) is 125 cm³/mol. The first-order valence-electron chi connectivity index (χ1n) is 11.6. The summed E-state index contributed by atoms with van der Waals surface area (Å²) in [5, 5.41) is 0. The number of benzene rings is 2. The summed E-state index contributed by atoms with van der Waals surface area (Å²) in [6, 6.07) is 9.20. The number of rotatable bonds is 9. The molecule has 0 N–H and O–H groups in total. The molecule has 2 aliphatic rings. The fourth-order valence-electron chi connectivity index (χ4n) is 4.73. The third-order valence-corrected chi connectivity index (χ3v) is 6.55. The number of hydrogen-bond donors (Lipinski definition) is 0. The minimum Gasteiger partial charge on any atom is -0.497 e. The van der Waals surface area contributed by atoms with E-state index in [1.807, 2.05) is 0 Å². The van der Waals surface area contributed by atoms with Crippen molar-refractivity contribution in [2.75, 3.05) is 53.6 Å². The van der Waals surface area contributed by atoms with Crippen LogP contribution >= 0.6 is 0 Å². The lowest BCUT2D eigenvalue weighted by Gasteiger charge is -2.30. The van der Waals surface area contributed by atoms with E-state index in [4.69, 9.17) is 14.2 Å². The average Bonchev–Trinajstić information content (AvgIpc) is 3.14. The molecule has 0 aromatic heterocycles. The Morgan fingerprint density at radius 1 is 1.03 bits per heavy atom. The summed E-state index contributed by atoms with van der Waals surface area (Å²) in [4.78, 5) is 43.6. The van der Waals surface area contributed by atoms with Crippen molar-refractivity contribution in [3.05, 3.63) is 59.4 Å². The van der Waals surface area contributed by atoms with Gasteiger partial charge in [-0.25, -0.2) is 4.39 Å². The molecule has 9 heteroatoms. The number of Topliss-reactive ketones (excluding diaryl/α,β-unsaturated/α-hetero) is 2. The molecule has 35 heavy (non-hydrogen) atoms. The van der Waals surface area contributed by atoms with Crippen LogP contribution in [0.25, 0.3) is 0 Å². The third-order valence-electron chi connectivity index (χ3n) is 6.55. The Balaban J connectivity index is 1.69. The SMILES string of the molecule is COc1ccc(OC)c(C2C(C(=O)c3ccc(F)cc3)C(=O)C(=O)N2CCCN2CCOCC2)c1. The van der Waals surface area contributed by atoms with Crippen LogP contribution in [0.4, 0.5) is 4.39 Å². The van der Waals surface area contributed by atoms with Gasteiger partial charge in [0.2, 0.25) is 5.78 Å². The second kappa shape index (κ2) is 11.0. The molecule has 0 radical (unpaired) electrons. The van der Waals surface area contributed by atoms with Gasteiger partial charge in [0.05, 0.1) is 33.5 Å². The molecule has 186 valence electrons. The summed E-state index contributed by atoms with van der Waals surface area (Å²) in [5.41, 5.74) is 0.678. The van der Waals surface area contributed by atoms with E-state index >= 15 is 0 Å². The van der Waals surface area contributed by atoms with Crippen molar-refractivity contribution in [1.29, 1.82) is 0 Å². The van der Waals surface area contributed by atoms with Crippen molar-refractivity contribution < 1.29 is 33.0 Å². The second-order valence-corrected chi connectivity index (χ2v) is 8.57. The minimum absolute atomic E-state index is 0.166. The summed E-state index contributed by atoms with van der Waals surface area (Å²) in [7, 11) is 3.00. The molecule has 0 saturated carbocycles. The van der Waals surface area contributed by atoms with Crippen LogP contribution in [0.3, 0.4) is 0 Å². The number of ketones is 2. The average molecular weight is 485 g/mol. The first kappa shape index (κ1) is 24.8. The highest BCUT2D eigenvalue weighted by molar-refractivity contribution is 6.44. The smallest absolute Gasteiger partial charge is 0.291 e. The Kier molecular flexibility index (Phi) is 7.77. The summed E-state index contributed by atoms with van der Waals surface area (Å²) in [5.74, 6) is -2.84. The molecule has 8 nitrogen and oxygen atoms in total. The number of likely N-dealkylation sites (tertiary alicyclic amines) is 1. The molecule has 2 aliphatic heterocycles. The molecule has 2 heterocycles. The number of ether oxygens (including phenoxy) is 3. The van der Waals surface area contributed by atoms with E-state index in [1.165, 1.54) is 31.3 Å². The van der Waals surface area contributed by atoms with Crippen molar-refractivity contribution in [2.24, 2.45) is 5.92 Å². The Hall–Kier alpha value is -3.30. The second-order valence-electron chi connectivity index (χ2n) is 8.57. The van der Waals surface area contributed by atoms with Gasteiger partial charge in [0.1, 0.15) is 23.2 Å². The van der Waals surface area contributed by atoms with Crippen LogP contribution in [0.1, 0.15) is 28.4 Å². The number of hydrogen-bond acceptors (Lipinski definition) is 7. The van der Waals surface area contributed by atoms with Crippen molar-refractivity contribution >= 4 is 17.5 Å². The van der Waals surface area contributed by atoms with Gasteiger partial charge >= 0.3 is 0 Å². The highest BCUT2D eigenvalue weighted by atomic mass is 19.1. The summed E-state index contributed by atoms with van der Waals surface area (Å²) < 4.78 is 29.8. The van der Waals surface area contributed by atoms with Gasteiger partial charge < -0.3 is 19.1 Å². The van der Waals surface area contributed by atoms with Crippen molar-refractivity contribution in [3.8, 4) is 11.5 Å². The largest absolute Gasteiger partial charge is 0.497 e. The quantitative estimate of drug-likeness (QED) is 0.307. The fraction of sp³-hybridized carbons (Fsp3) is 0.423. The molecule has 2 atom stereocenters. The Morgan fingerprint density at radius 3 is 2.40 bits per heavy atom. The number of nitrogens with zero attached hydrogens (tertiary/aromatic N) is 2. The molecule has 2 saturated heterocycles. The molecular formula is C26H29FN2O6. The van der Waals surface area contributed by atoms with Crippen molar-refractivity contribution in [1.82, 2.24) is 9.80 Å². The normalized spacial score (nSPS) is 20.8. The Labute approximate surface area is 203 Å². The van der Waals surface area contributed by atoms with Gasteiger partial charge in [-0.1, -0.05) is 0 Å². The van der Waals surface area contributed by atoms with Crippen LogP contribution in [0.2, 0.25) is 0 Å². The molecule has 2 aromatic rings. The molecule has 2 unspecified atom stereocenters. The first-order valence-corrected chi connectivity index (χ1v) is 11.6. The molecule has 0 spiro atoms. The van der Waals surface area contributed by atoms with Gasteiger partial charge in [-0.3, -0.25) is 19.3 Å². The lowest BCUT2D eigenvalue weighted by Crippen LogP contribution is -2.39. The number of morpholine rings is 1. The molecule has 0 aliphatic carbocycles. The highest BCUT2D eigenvalue weighted by Crippen LogP contribution is 2.43. The molecule has 2 aromatic carbocycles. The van der Waals surface area contributed by atoms with Crippen LogP contribution in [-0.2, 0) is 14.3 Å². The van der Waals surface area contributed by atoms with Gasteiger partial charge in [-0.2, -0.15) is 0 Å². The zero-order valence-corrected chi connectivity index (χ0v) is 19.9. The number of methoxy groups -OCH3 is 2. The van der Waals surface area contributed by atoms with E-state index in [1.54, 1.807) is 18.2 Å². The van der Waals surface area contributed by atoms with E-state index < -0.39 is 35.3 Å². The third kappa shape index (κ3) is 5.21.